The third-order valence-electron chi connectivity index (χ3n) is 4.24. The van der Waals surface area contributed by atoms with Crippen LogP contribution in [0.4, 0.5) is 0 Å². The molecule has 19 heavy (non-hydrogen) atoms. The summed E-state index contributed by atoms with van der Waals surface area (Å²) in [4.78, 5) is 25.8. The first-order valence-electron chi connectivity index (χ1n) is 7.08. The third kappa shape index (κ3) is 3.07. The van der Waals surface area contributed by atoms with Crippen LogP contribution in [-0.4, -0.2) is 45.5 Å². The average Bonchev–Trinajstić information content (AvgIpc) is 2.37. The van der Waals surface area contributed by atoms with Crippen LogP contribution >= 0.6 is 11.8 Å². The molecule has 2 rings (SSSR count). The highest BCUT2D eigenvalue weighted by Crippen LogP contribution is 2.37. The highest BCUT2D eigenvalue weighted by atomic mass is 32.2. The molecule has 108 valence electrons. The van der Waals surface area contributed by atoms with Gasteiger partial charge in [-0.25, -0.2) is 4.79 Å². The number of amides is 1. The first-order chi connectivity index (χ1) is 8.93. The minimum Gasteiger partial charge on any atom is -0.480 e. The Labute approximate surface area is 118 Å². The van der Waals surface area contributed by atoms with Crippen molar-refractivity contribution in [2.45, 2.75) is 57.2 Å². The van der Waals surface area contributed by atoms with E-state index in [0.717, 1.165) is 31.4 Å². The maximum Gasteiger partial charge on any atom is 0.326 e. The zero-order valence-electron chi connectivity index (χ0n) is 11.7. The van der Waals surface area contributed by atoms with Crippen LogP contribution in [0.5, 0.6) is 0 Å². The van der Waals surface area contributed by atoms with E-state index in [2.05, 4.69) is 0 Å². The molecule has 0 aromatic heterocycles. The smallest absolute Gasteiger partial charge is 0.326 e. The molecule has 2 unspecified atom stereocenters. The summed E-state index contributed by atoms with van der Waals surface area (Å²) in [6, 6.07) is -0.670. The molecule has 2 aliphatic heterocycles. The maximum absolute atomic E-state index is 12.6. The van der Waals surface area contributed by atoms with Gasteiger partial charge in [0.2, 0.25) is 5.91 Å². The first kappa shape index (κ1) is 14.7. The normalized spacial score (nSPS) is 30.9. The number of carbonyl (C=O) groups is 2. The molecule has 4 nitrogen and oxygen atoms in total. The fourth-order valence-corrected chi connectivity index (χ4v) is 4.48. The van der Waals surface area contributed by atoms with E-state index in [1.54, 1.807) is 16.7 Å². The Hall–Kier alpha value is -0.710. The van der Waals surface area contributed by atoms with E-state index in [-0.39, 0.29) is 16.6 Å². The van der Waals surface area contributed by atoms with Gasteiger partial charge in [0.15, 0.2) is 0 Å². The lowest BCUT2D eigenvalue weighted by molar-refractivity contribution is -0.158. The van der Waals surface area contributed by atoms with E-state index in [1.165, 1.54) is 6.42 Å². The van der Waals surface area contributed by atoms with E-state index in [0.29, 0.717) is 6.54 Å². The van der Waals surface area contributed by atoms with Crippen LogP contribution in [0.15, 0.2) is 0 Å². The fraction of sp³-hybridized carbons (Fsp3) is 0.857. The topological polar surface area (TPSA) is 57.6 Å². The lowest BCUT2D eigenvalue weighted by Gasteiger charge is -2.45. The van der Waals surface area contributed by atoms with Gasteiger partial charge in [0.1, 0.15) is 6.04 Å². The summed E-state index contributed by atoms with van der Waals surface area (Å²) in [6.45, 7) is 4.51. The molecular weight excluding hydrogens is 262 g/mol. The minimum absolute atomic E-state index is 0.0236. The van der Waals surface area contributed by atoms with E-state index in [1.807, 2.05) is 13.8 Å². The molecule has 0 spiro atoms. The van der Waals surface area contributed by atoms with Crippen LogP contribution in [0, 0.1) is 5.41 Å². The van der Waals surface area contributed by atoms with Crippen molar-refractivity contribution in [2.24, 2.45) is 5.41 Å². The highest BCUT2D eigenvalue weighted by molar-refractivity contribution is 8.00. The van der Waals surface area contributed by atoms with Gasteiger partial charge in [0.05, 0.1) is 5.25 Å². The molecule has 2 heterocycles. The molecular formula is C14H23NO3S. The van der Waals surface area contributed by atoms with Crippen molar-refractivity contribution in [3.63, 3.8) is 0 Å². The number of nitrogens with zero attached hydrogens (tertiary/aromatic N) is 1. The standard InChI is InChI=1S/C14H23NO3S/c1-14(2)7-5-8-15(11(14)13(17)18)12(16)10-6-3-4-9-19-10/h10-11H,3-9H2,1-2H3,(H,17,18). The molecule has 2 fully saturated rings. The summed E-state index contributed by atoms with van der Waals surface area (Å²) in [5, 5.41) is 9.47. The molecule has 0 radical (unpaired) electrons. The second kappa shape index (κ2) is 5.73. The Morgan fingerprint density at radius 2 is 2.00 bits per heavy atom. The summed E-state index contributed by atoms with van der Waals surface area (Å²) >= 11 is 1.69. The second-order valence-corrected chi connectivity index (χ2v) is 7.53. The number of likely N-dealkylation sites (tertiary alicyclic amines) is 1. The molecule has 1 N–H and O–H groups in total. The van der Waals surface area contributed by atoms with Gasteiger partial charge in [-0.15, -0.1) is 11.8 Å². The van der Waals surface area contributed by atoms with Gasteiger partial charge in [0.25, 0.3) is 0 Å². The Balaban J connectivity index is 2.15. The van der Waals surface area contributed by atoms with Gasteiger partial charge in [-0.1, -0.05) is 20.3 Å². The van der Waals surface area contributed by atoms with Crippen molar-refractivity contribution in [3.05, 3.63) is 0 Å². The van der Waals surface area contributed by atoms with Gasteiger partial charge >= 0.3 is 5.97 Å². The number of piperidine rings is 1. The molecule has 2 aliphatic rings. The van der Waals surface area contributed by atoms with Gasteiger partial charge in [0, 0.05) is 6.54 Å². The van der Waals surface area contributed by atoms with Crippen LogP contribution < -0.4 is 0 Å². The minimum atomic E-state index is -0.862. The van der Waals surface area contributed by atoms with Crippen molar-refractivity contribution in [1.82, 2.24) is 4.90 Å². The van der Waals surface area contributed by atoms with Crippen LogP contribution in [-0.2, 0) is 9.59 Å². The first-order valence-corrected chi connectivity index (χ1v) is 8.13. The monoisotopic (exact) mass is 285 g/mol. The number of carboxylic acid groups (broad SMARTS) is 1. The van der Waals surface area contributed by atoms with Gasteiger partial charge in [-0.05, 0) is 36.9 Å². The molecule has 0 aliphatic carbocycles. The Morgan fingerprint density at radius 1 is 1.26 bits per heavy atom. The van der Waals surface area contributed by atoms with E-state index < -0.39 is 12.0 Å². The Kier molecular flexibility index (Phi) is 4.43. The third-order valence-corrected chi connectivity index (χ3v) is 5.61. The summed E-state index contributed by atoms with van der Waals surface area (Å²) < 4.78 is 0. The van der Waals surface area contributed by atoms with Crippen molar-refractivity contribution in [3.8, 4) is 0 Å². The molecule has 5 heteroatoms. The number of thioether (sulfide) groups is 1. The van der Waals surface area contributed by atoms with E-state index >= 15 is 0 Å². The Morgan fingerprint density at radius 3 is 2.58 bits per heavy atom. The van der Waals surface area contributed by atoms with Crippen LogP contribution in [0.2, 0.25) is 0 Å². The van der Waals surface area contributed by atoms with E-state index in [9.17, 15) is 14.7 Å². The molecule has 2 saturated heterocycles. The van der Waals surface area contributed by atoms with Crippen molar-refractivity contribution in [1.29, 1.82) is 0 Å². The summed E-state index contributed by atoms with van der Waals surface area (Å²) in [5.74, 6) is 0.203. The fourth-order valence-electron chi connectivity index (χ4n) is 3.22. The molecule has 2 atom stereocenters. The van der Waals surface area contributed by atoms with Crippen molar-refractivity contribution in [2.75, 3.05) is 12.3 Å². The molecule has 0 aromatic rings. The largest absolute Gasteiger partial charge is 0.480 e. The lowest BCUT2D eigenvalue weighted by Crippen LogP contribution is -2.58. The second-order valence-electron chi connectivity index (χ2n) is 6.22. The SMILES string of the molecule is CC1(C)CCCN(C(=O)C2CCCCS2)C1C(=O)O. The average molecular weight is 285 g/mol. The van der Waals surface area contributed by atoms with Crippen LogP contribution in [0.3, 0.4) is 0 Å². The van der Waals surface area contributed by atoms with E-state index in [4.69, 9.17) is 0 Å². The van der Waals surface area contributed by atoms with Crippen molar-refractivity contribution < 1.29 is 14.7 Å². The number of rotatable bonds is 2. The summed E-state index contributed by atoms with van der Waals surface area (Å²) in [5.41, 5.74) is -0.334. The number of hydrogen-bond donors (Lipinski definition) is 1. The van der Waals surface area contributed by atoms with Gasteiger partial charge in [-0.2, -0.15) is 0 Å². The Bertz CT molecular complexity index is 364. The molecule has 0 aromatic carbocycles. The van der Waals surface area contributed by atoms with Gasteiger partial charge < -0.3 is 10.0 Å². The number of aliphatic carboxylic acids is 1. The molecule has 0 bridgehead atoms. The number of hydrogen-bond acceptors (Lipinski definition) is 3. The molecule has 1 amide bonds. The zero-order chi connectivity index (χ0) is 14.0. The van der Waals surface area contributed by atoms with Crippen LogP contribution in [0.1, 0.15) is 46.0 Å². The lowest BCUT2D eigenvalue weighted by atomic mass is 9.76. The van der Waals surface area contributed by atoms with Gasteiger partial charge in [-0.3, -0.25) is 4.79 Å². The predicted molar refractivity (Wildman–Crippen MR) is 76.2 cm³/mol. The quantitative estimate of drug-likeness (QED) is 0.846. The number of carboxylic acids is 1. The summed E-state index contributed by atoms with van der Waals surface area (Å²) in [6.07, 6.45) is 4.92. The van der Waals surface area contributed by atoms with Crippen molar-refractivity contribution >= 4 is 23.6 Å². The van der Waals surface area contributed by atoms with Crippen LogP contribution in [0.25, 0.3) is 0 Å². The summed E-state index contributed by atoms with van der Waals surface area (Å²) in [7, 11) is 0. The molecule has 0 saturated carbocycles. The predicted octanol–water partition coefficient (Wildman–Crippen LogP) is 2.37. The zero-order valence-corrected chi connectivity index (χ0v) is 12.5. The maximum atomic E-state index is 12.6. The number of carbonyl (C=O) groups excluding carboxylic acids is 1. The highest BCUT2D eigenvalue weighted by Gasteiger charge is 2.45.